The van der Waals surface area contributed by atoms with Gasteiger partial charge >= 0.3 is 0 Å². The van der Waals surface area contributed by atoms with Gasteiger partial charge < -0.3 is 15.4 Å². The van der Waals surface area contributed by atoms with Gasteiger partial charge in [0.05, 0.1) is 7.11 Å². The molecule has 2 aromatic rings. The smallest absolute Gasteiger partial charge is 0.119 e. The van der Waals surface area contributed by atoms with Gasteiger partial charge in [-0.15, -0.1) is 0 Å². The molecule has 0 aliphatic rings. The Labute approximate surface area is 108 Å². The molecule has 94 valence electrons. The largest absolute Gasteiger partial charge is 0.497 e. The van der Waals surface area contributed by atoms with E-state index in [1.165, 1.54) is 0 Å². The molecule has 3 heteroatoms. The van der Waals surface area contributed by atoms with Crippen molar-refractivity contribution in [1.82, 2.24) is 0 Å². The number of benzene rings is 2. The lowest BCUT2D eigenvalue weighted by atomic mass is 10.0. The quantitative estimate of drug-likeness (QED) is 0.841. The molecule has 2 N–H and O–H groups in total. The second kappa shape index (κ2) is 5.00. The number of hydrogen-bond acceptors (Lipinski definition) is 3. The minimum atomic E-state index is 0.771. The van der Waals surface area contributed by atoms with Crippen molar-refractivity contribution < 1.29 is 4.74 Å². The topological polar surface area (TPSA) is 38.5 Å². The van der Waals surface area contributed by atoms with Crippen molar-refractivity contribution in [3.8, 4) is 16.9 Å². The lowest BCUT2D eigenvalue weighted by Gasteiger charge is -2.18. The van der Waals surface area contributed by atoms with Gasteiger partial charge in [-0.25, -0.2) is 0 Å². The Bertz CT molecular complexity index is 533. The Balaban J connectivity index is 2.55. The number of hydrogen-bond donors (Lipinski definition) is 1. The van der Waals surface area contributed by atoms with E-state index in [1.807, 2.05) is 50.5 Å². The summed E-state index contributed by atoms with van der Waals surface area (Å²) < 4.78 is 5.29. The molecule has 0 bridgehead atoms. The average molecular weight is 242 g/mol. The van der Waals surface area contributed by atoms with E-state index in [9.17, 15) is 0 Å². The van der Waals surface area contributed by atoms with Crippen molar-refractivity contribution in [1.29, 1.82) is 0 Å². The Hall–Kier alpha value is -2.16. The van der Waals surface area contributed by atoms with Crippen molar-refractivity contribution in [3.05, 3.63) is 42.5 Å². The summed E-state index contributed by atoms with van der Waals surface area (Å²) >= 11 is 0. The van der Waals surface area contributed by atoms with E-state index >= 15 is 0 Å². The van der Waals surface area contributed by atoms with Gasteiger partial charge in [0.2, 0.25) is 0 Å². The van der Waals surface area contributed by atoms with Crippen molar-refractivity contribution in [2.75, 3.05) is 31.8 Å². The zero-order valence-corrected chi connectivity index (χ0v) is 11.0. The minimum absolute atomic E-state index is 0.771. The van der Waals surface area contributed by atoms with Crippen LogP contribution in [0.3, 0.4) is 0 Å². The fraction of sp³-hybridized carbons (Fsp3) is 0.200. The van der Waals surface area contributed by atoms with Crippen molar-refractivity contribution in [3.63, 3.8) is 0 Å². The van der Waals surface area contributed by atoms with Crippen LogP contribution in [0, 0.1) is 0 Å². The summed E-state index contributed by atoms with van der Waals surface area (Å²) in [5.74, 6) is 0.854. The predicted octanol–water partition coefficient (Wildman–Crippen LogP) is 3.01. The van der Waals surface area contributed by atoms with Crippen LogP contribution < -0.4 is 15.4 Å². The summed E-state index contributed by atoms with van der Waals surface area (Å²) in [4.78, 5) is 2.09. The van der Waals surface area contributed by atoms with Gasteiger partial charge in [-0.05, 0) is 35.9 Å². The molecule has 0 heterocycles. The van der Waals surface area contributed by atoms with Crippen LogP contribution in [0.5, 0.6) is 5.75 Å². The highest BCUT2D eigenvalue weighted by atomic mass is 16.5. The first-order valence-electron chi connectivity index (χ1n) is 5.83. The van der Waals surface area contributed by atoms with Crippen LogP contribution in [0.2, 0.25) is 0 Å². The maximum Gasteiger partial charge on any atom is 0.119 e. The third-order valence-electron chi connectivity index (χ3n) is 2.91. The number of nitrogens with two attached hydrogens (primary N) is 1. The molecule has 0 aromatic heterocycles. The zero-order chi connectivity index (χ0) is 13.1. The maximum absolute atomic E-state index is 5.72. The van der Waals surface area contributed by atoms with Crippen LogP contribution in [0.25, 0.3) is 11.1 Å². The lowest BCUT2D eigenvalue weighted by molar-refractivity contribution is 0.415. The first kappa shape index (κ1) is 12.3. The van der Waals surface area contributed by atoms with Crippen LogP contribution in [0.1, 0.15) is 0 Å². The fourth-order valence-electron chi connectivity index (χ4n) is 1.93. The van der Waals surface area contributed by atoms with Gasteiger partial charge in [-0.3, -0.25) is 0 Å². The third kappa shape index (κ3) is 2.40. The zero-order valence-electron chi connectivity index (χ0n) is 11.0. The van der Waals surface area contributed by atoms with Crippen LogP contribution in [-0.2, 0) is 0 Å². The summed E-state index contributed by atoms with van der Waals surface area (Å²) in [6.07, 6.45) is 0. The Morgan fingerprint density at radius 1 is 1.00 bits per heavy atom. The van der Waals surface area contributed by atoms with Gasteiger partial charge in [0.25, 0.3) is 0 Å². The summed E-state index contributed by atoms with van der Waals surface area (Å²) in [6.45, 7) is 0. The highest BCUT2D eigenvalue weighted by molar-refractivity contribution is 5.80. The van der Waals surface area contributed by atoms with E-state index in [4.69, 9.17) is 10.5 Å². The van der Waals surface area contributed by atoms with Gasteiger partial charge in [0.1, 0.15) is 5.75 Å². The Morgan fingerprint density at radius 2 is 1.67 bits per heavy atom. The fourth-order valence-corrected chi connectivity index (χ4v) is 1.93. The second-order valence-electron chi connectivity index (χ2n) is 4.40. The molecule has 2 aromatic carbocycles. The molecule has 0 aliphatic carbocycles. The highest BCUT2D eigenvalue weighted by Gasteiger charge is 2.08. The third-order valence-corrected chi connectivity index (χ3v) is 2.91. The van der Waals surface area contributed by atoms with Crippen molar-refractivity contribution in [2.24, 2.45) is 0 Å². The van der Waals surface area contributed by atoms with E-state index < -0.39 is 0 Å². The first-order valence-corrected chi connectivity index (χ1v) is 5.83. The number of methoxy groups -OCH3 is 1. The van der Waals surface area contributed by atoms with E-state index in [1.54, 1.807) is 7.11 Å². The summed E-state index contributed by atoms with van der Waals surface area (Å²) in [5.41, 5.74) is 9.92. The van der Waals surface area contributed by atoms with Gasteiger partial charge in [0.15, 0.2) is 0 Å². The van der Waals surface area contributed by atoms with E-state index in [2.05, 4.69) is 11.0 Å². The molecule has 0 unspecified atom stereocenters. The molecule has 0 amide bonds. The molecule has 18 heavy (non-hydrogen) atoms. The molecule has 0 aliphatic heterocycles. The first-order chi connectivity index (χ1) is 8.61. The minimum Gasteiger partial charge on any atom is -0.497 e. The van der Waals surface area contributed by atoms with E-state index in [-0.39, 0.29) is 0 Å². The van der Waals surface area contributed by atoms with E-state index in [0.29, 0.717) is 0 Å². The summed E-state index contributed by atoms with van der Waals surface area (Å²) in [6, 6.07) is 13.9. The molecule has 0 atom stereocenters. The molecule has 0 saturated carbocycles. The molecule has 2 rings (SSSR count). The number of nitrogens with zero attached hydrogens (tertiary/aromatic N) is 1. The summed E-state index contributed by atoms with van der Waals surface area (Å²) in [5, 5.41) is 0. The van der Waals surface area contributed by atoms with Crippen molar-refractivity contribution in [2.45, 2.75) is 0 Å². The highest BCUT2D eigenvalue weighted by Crippen LogP contribution is 2.33. The SMILES string of the molecule is COc1ccc(N(C)C)c(-c2ccc(N)cc2)c1. The van der Waals surface area contributed by atoms with Crippen LogP contribution in [0.4, 0.5) is 11.4 Å². The van der Waals surface area contributed by atoms with Crippen LogP contribution in [-0.4, -0.2) is 21.2 Å². The average Bonchev–Trinajstić information content (AvgIpc) is 2.38. The van der Waals surface area contributed by atoms with Gasteiger partial charge in [0, 0.05) is 31.0 Å². The standard InChI is InChI=1S/C15H18N2O/c1-17(2)15-9-8-13(18-3)10-14(15)11-4-6-12(16)7-5-11/h4-10H,16H2,1-3H3. The molecule has 0 spiro atoms. The van der Waals surface area contributed by atoms with E-state index in [0.717, 1.165) is 28.3 Å². The van der Waals surface area contributed by atoms with Crippen LogP contribution in [0.15, 0.2) is 42.5 Å². The number of ether oxygens (including phenoxy) is 1. The molecule has 0 radical (unpaired) electrons. The molecule has 0 saturated heterocycles. The predicted molar refractivity (Wildman–Crippen MR) is 77.2 cm³/mol. The normalized spacial score (nSPS) is 10.2. The summed E-state index contributed by atoms with van der Waals surface area (Å²) in [7, 11) is 5.74. The monoisotopic (exact) mass is 242 g/mol. The second-order valence-corrected chi connectivity index (χ2v) is 4.40. The number of anilines is 2. The molecular weight excluding hydrogens is 224 g/mol. The molecule has 3 nitrogen and oxygen atoms in total. The Morgan fingerprint density at radius 3 is 2.22 bits per heavy atom. The number of rotatable bonds is 3. The lowest BCUT2D eigenvalue weighted by Crippen LogP contribution is -2.10. The maximum atomic E-state index is 5.72. The van der Waals surface area contributed by atoms with Gasteiger partial charge in [-0.2, -0.15) is 0 Å². The van der Waals surface area contributed by atoms with Gasteiger partial charge in [-0.1, -0.05) is 12.1 Å². The Kier molecular flexibility index (Phi) is 3.42. The van der Waals surface area contributed by atoms with Crippen molar-refractivity contribution >= 4 is 11.4 Å². The number of nitrogen functional groups attached to an aromatic ring is 1. The molecular formula is C15H18N2O. The molecule has 0 fully saturated rings. The van der Waals surface area contributed by atoms with Crippen LogP contribution >= 0.6 is 0 Å².